The Labute approximate surface area is 514 Å². The number of aromatic nitrogens is 6. The number of hydrogen-bond donors (Lipinski definition) is 3. The van der Waals surface area contributed by atoms with Crippen LogP contribution in [0.25, 0.3) is 44.2 Å². The number of carbonyl (C=O) groups is 4. The number of ether oxygens (including phenoxy) is 5. The molecule has 2 aromatic carbocycles. The minimum absolute atomic E-state index is 0.0134. The molecule has 2 amide bonds. The van der Waals surface area contributed by atoms with Gasteiger partial charge in [-0.3, -0.25) is 14.4 Å². The highest BCUT2D eigenvalue weighted by Gasteiger charge is 2.45. The van der Waals surface area contributed by atoms with Crippen LogP contribution in [0, 0.1) is 11.6 Å². The second-order valence-electron chi connectivity index (χ2n) is 24.8. The lowest BCUT2D eigenvalue weighted by Crippen LogP contribution is -2.47. The zero-order valence-corrected chi connectivity index (χ0v) is 53.5. The van der Waals surface area contributed by atoms with Crippen molar-refractivity contribution >= 4 is 107 Å². The van der Waals surface area contributed by atoms with Crippen LogP contribution in [0.1, 0.15) is 71.9 Å². The monoisotopic (exact) mass is 1260 g/mol. The van der Waals surface area contributed by atoms with E-state index in [1.807, 2.05) is 21.7 Å². The normalized spacial score (nSPS) is 18.6. The van der Waals surface area contributed by atoms with Crippen LogP contribution in [0.15, 0.2) is 79.5 Å². The Morgan fingerprint density at radius 3 is 1.77 bits per heavy atom. The molecule has 4 aliphatic heterocycles. The van der Waals surface area contributed by atoms with Crippen molar-refractivity contribution in [2.24, 2.45) is 0 Å². The van der Waals surface area contributed by atoms with Crippen LogP contribution in [0.3, 0.4) is 0 Å². The van der Waals surface area contributed by atoms with Crippen LogP contribution in [-0.2, 0) is 42.1 Å². The summed E-state index contributed by atoms with van der Waals surface area (Å²) >= 11 is 12.0. The molecule has 11 rings (SSSR count). The van der Waals surface area contributed by atoms with Gasteiger partial charge in [-0.05, 0) is 86.0 Å². The number of imidazole rings is 1. The van der Waals surface area contributed by atoms with Gasteiger partial charge in [-0.2, -0.15) is 0 Å². The number of hydrogen-bond acceptors (Lipinski definition) is 14. The van der Waals surface area contributed by atoms with E-state index in [1.165, 1.54) is 42.4 Å². The zero-order valence-electron chi connectivity index (χ0n) is 50.0. The SMILES string of the molecule is COc1cc2c(cn1)c(-c1cnc([C@@H]3CCC4CC(c5c(N)ccc(Cl)c5F)=CC(=O)N43)[nH]1)cn2COCC[Si](C)(C)C.COc1cc2c(cn1)c(C(=O)COC(=O)[C@@H]1CCC3CC(c4c(N)ccc(Cl)c4F)=CC(=O)N31)cn2COCC[Si](C)(C)C. The lowest BCUT2D eigenvalue weighted by Gasteiger charge is -2.33. The van der Waals surface area contributed by atoms with Crippen molar-refractivity contribution in [1.82, 2.24) is 38.9 Å². The number of rotatable bonds is 20. The molecule has 0 bridgehead atoms. The Morgan fingerprint density at radius 2 is 1.21 bits per heavy atom. The van der Waals surface area contributed by atoms with Crippen molar-refractivity contribution in [1.29, 1.82) is 0 Å². The summed E-state index contributed by atoms with van der Waals surface area (Å²) in [6.07, 6.45) is 14.8. The van der Waals surface area contributed by atoms with Crippen LogP contribution in [0.5, 0.6) is 11.8 Å². The van der Waals surface area contributed by atoms with Gasteiger partial charge in [-0.25, -0.2) is 28.5 Å². The Kier molecular flexibility index (Phi) is 18.5. The third-order valence-electron chi connectivity index (χ3n) is 16.4. The topological polar surface area (TPSA) is 237 Å². The van der Waals surface area contributed by atoms with Crippen LogP contribution in [-0.4, -0.2) is 131 Å². The standard InChI is InChI=1S/C31H36ClFN6O3Si.C31H36ClFN4O6Si/c1-41-27-13-26-20(14-35-27)21(16-38(26)17-42-9-10-43(2,3)4)24-15-36-31(37-24)25-8-5-19-11-18(12-28(40)39(19)25)29-23(34)7-6-22(32)30(29)33;1-41-27-13-25-20(14-35-27)21(15-36(25)17-42-9-10-44(2,3)4)26(38)16-43-31(40)24-8-5-19-11-18(12-28(39)37(19)24)29-23(34)7-6-22(32)30(29)33/h6-7,12-16,19,25H,5,8-11,17,34H2,1-4H3,(H,36,37);6-7,12-15,19,24H,5,8-11,16-17,34H2,1-4H3/t19?,25-;19?,24-/m00/s1. The number of H-pyrrole nitrogens is 1. The van der Waals surface area contributed by atoms with Crippen molar-refractivity contribution in [3.05, 3.63) is 124 Å². The van der Waals surface area contributed by atoms with Crippen molar-refractivity contribution < 1.29 is 51.6 Å². The zero-order chi connectivity index (χ0) is 62.2. The number of pyridine rings is 2. The largest absolute Gasteiger partial charge is 0.481 e. The number of methoxy groups -OCH3 is 2. The van der Waals surface area contributed by atoms with Gasteiger partial charge in [0.1, 0.15) is 25.3 Å². The van der Waals surface area contributed by atoms with Crippen LogP contribution in [0.4, 0.5) is 20.2 Å². The van der Waals surface area contributed by atoms with Gasteiger partial charge in [0, 0.05) is 135 Å². The lowest BCUT2D eigenvalue weighted by atomic mass is 9.92. The van der Waals surface area contributed by atoms with Gasteiger partial charge >= 0.3 is 5.97 Å². The summed E-state index contributed by atoms with van der Waals surface area (Å²) in [5, 5.41) is 1.42. The van der Waals surface area contributed by atoms with E-state index in [2.05, 4.69) is 58.8 Å². The summed E-state index contributed by atoms with van der Waals surface area (Å²) in [6, 6.07) is 10.1. The fourth-order valence-corrected chi connectivity index (χ4v) is 13.6. The molecule has 4 aliphatic rings. The minimum Gasteiger partial charge on any atom is -0.481 e. The number of esters is 1. The maximum absolute atomic E-state index is 14.9. The van der Waals surface area contributed by atoms with Gasteiger partial charge in [-0.1, -0.05) is 62.5 Å². The summed E-state index contributed by atoms with van der Waals surface area (Å²) in [6.45, 7) is 15.3. The molecule has 5 N–H and O–H groups in total. The number of nitrogens with two attached hydrogens (primary N) is 2. The molecule has 0 spiro atoms. The molecular formula is C62H72Cl2F2N10O9Si2. The molecule has 5 aromatic heterocycles. The third-order valence-corrected chi connectivity index (χ3v) is 20.4. The first kappa shape index (κ1) is 62.6. The van der Waals surface area contributed by atoms with Gasteiger partial charge < -0.3 is 59.1 Å². The molecule has 0 radical (unpaired) electrons. The molecular weight excluding hydrogens is 1190 g/mol. The summed E-state index contributed by atoms with van der Waals surface area (Å²) in [5.41, 5.74) is 17.6. The second kappa shape index (κ2) is 25.7. The molecule has 460 valence electrons. The summed E-state index contributed by atoms with van der Waals surface area (Å²) in [5.74, 6) is -1.35. The van der Waals surface area contributed by atoms with Gasteiger partial charge in [0.05, 0.1) is 53.2 Å². The van der Waals surface area contributed by atoms with Crippen LogP contribution < -0.4 is 20.9 Å². The summed E-state index contributed by atoms with van der Waals surface area (Å²) in [4.78, 5) is 73.3. The number of halogens is 4. The average molecular weight is 1270 g/mol. The highest BCUT2D eigenvalue weighted by atomic mass is 35.5. The fraction of sp³-hybridized carbons (Fsp3) is 0.403. The van der Waals surface area contributed by atoms with E-state index in [0.717, 1.165) is 47.1 Å². The first-order valence-electron chi connectivity index (χ1n) is 28.9. The van der Waals surface area contributed by atoms with Crippen molar-refractivity contribution in [2.45, 2.75) is 128 Å². The Balaban J connectivity index is 0.000000193. The van der Waals surface area contributed by atoms with E-state index in [0.29, 0.717) is 90.8 Å². The number of benzene rings is 2. The average Bonchev–Trinajstić information content (AvgIpc) is 2.27. The number of amides is 2. The molecule has 4 atom stereocenters. The first-order valence-corrected chi connectivity index (χ1v) is 37.1. The Morgan fingerprint density at radius 1 is 0.690 bits per heavy atom. The van der Waals surface area contributed by atoms with Crippen LogP contribution in [0.2, 0.25) is 61.4 Å². The van der Waals surface area contributed by atoms with E-state index in [9.17, 15) is 28.0 Å². The maximum atomic E-state index is 14.9. The molecule has 19 nitrogen and oxygen atoms in total. The molecule has 0 saturated carbocycles. The van der Waals surface area contributed by atoms with Crippen molar-refractivity contribution in [3.8, 4) is 23.0 Å². The third kappa shape index (κ3) is 13.5. The summed E-state index contributed by atoms with van der Waals surface area (Å²) < 4.78 is 61.7. The highest BCUT2D eigenvalue weighted by molar-refractivity contribution is 6.76. The summed E-state index contributed by atoms with van der Waals surface area (Å²) in [7, 11) is 0.640. The lowest BCUT2D eigenvalue weighted by molar-refractivity contribution is -0.152. The smallest absolute Gasteiger partial charge is 0.329 e. The number of nitrogen functional groups attached to an aromatic ring is 2. The molecule has 2 fully saturated rings. The number of fused-ring (bicyclic) bond motifs is 4. The molecule has 25 heteroatoms. The number of nitrogens with one attached hydrogen (secondary N) is 1. The number of nitrogens with zero attached hydrogens (tertiary/aromatic N) is 7. The number of ketones is 1. The van der Waals surface area contributed by atoms with E-state index in [-0.39, 0.29) is 63.3 Å². The molecule has 2 unspecified atom stereocenters. The molecule has 0 aliphatic carbocycles. The number of carbonyl (C=O) groups excluding carboxylic acids is 4. The van der Waals surface area contributed by atoms with Crippen molar-refractivity contribution in [2.75, 3.05) is 45.5 Å². The number of aromatic amines is 1. The minimum atomic E-state index is -1.27. The quantitative estimate of drug-likeness (QED) is 0.0212. The Hall–Kier alpha value is -7.42. The molecule has 87 heavy (non-hydrogen) atoms. The second-order valence-corrected chi connectivity index (χ2v) is 36.9. The molecule has 2 saturated heterocycles. The molecule has 7 aromatic rings. The van der Waals surface area contributed by atoms with Gasteiger partial charge in [-0.15, -0.1) is 0 Å². The van der Waals surface area contributed by atoms with Crippen LogP contribution >= 0.6 is 23.2 Å². The van der Waals surface area contributed by atoms with E-state index >= 15 is 0 Å². The Bertz CT molecular complexity index is 3870. The first-order chi connectivity index (χ1) is 41.4. The van der Waals surface area contributed by atoms with E-state index in [1.54, 1.807) is 44.0 Å². The van der Waals surface area contributed by atoms with Crippen molar-refractivity contribution in [3.63, 3.8) is 0 Å². The molecule has 9 heterocycles. The fourth-order valence-electron chi connectivity index (χ4n) is 11.8. The van der Waals surface area contributed by atoms with E-state index in [4.69, 9.17) is 63.3 Å². The predicted molar refractivity (Wildman–Crippen MR) is 337 cm³/mol. The van der Waals surface area contributed by atoms with Gasteiger partial charge in [0.2, 0.25) is 29.4 Å². The van der Waals surface area contributed by atoms with Gasteiger partial charge in [0.25, 0.3) is 0 Å². The van der Waals surface area contributed by atoms with Gasteiger partial charge in [0.15, 0.2) is 18.2 Å². The number of anilines is 2. The van der Waals surface area contributed by atoms with E-state index < -0.39 is 58.1 Å². The maximum Gasteiger partial charge on any atom is 0.329 e. The predicted octanol–water partition coefficient (Wildman–Crippen LogP) is 11.9. The highest BCUT2D eigenvalue weighted by Crippen LogP contribution is 2.45. The number of Topliss-reactive ketones (excluding diaryl/α,β-unsaturated/α-hetero) is 1.